The predicted octanol–water partition coefficient (Wildman–Crippen LogP) is 4.40. The molecule has 3 rings (SSSR count). The van der Waals surface area contributed by atoms with Gasteiger partial charge in [0.15, 0.2) is 0 Å². The Kier molecular flexibility index (Phi) is 8.37. The van der Waals surface area contributed by atoms with Gasteiger partial charge in [0, 0.05) is 30.7 Å². The summed E-state index contributed by atoms with van der Waals surface area (Å²) in [7, 11) is 1.82. The Bertz CT molecular complexity index is 1200. The molecule has 0 aliphatic rings. The van der Waals surface area contributed by atoms with Gasteiger partial charge in [-0.25, -0.2) is 9.37 Å². The fraction of sp³-hybridized carbons (Fsp3) is 0.346. The summed E-state index contributed by atoms with van der Waals surface area (Å²) in [5.74, 6) is -0.0857. The normalized spacial score (nSPS) is 13.4. The lowest BCUT2D eigenvalue weighted by Crippen LogP contribution is -2.19. The van der Waals surface area contributed by atoms with E-state index in [4.69, 9.17) is 10.1 Å². The maximum atomic E-state index is 13.7. The molecule has 9 heteroatoms. The quantitative estimate of drug-likeness (QED) is 0.338. The number of rotatable bonds is 10. The van der Waals surface area contributed by atoms with Crippen LogP contribution in [0.15, 0.2) is 42.6 Å². The third kappa shape index (κ3) is 6.52. The van der Waals surface area contributed by atoms with Gasteiger partial charge < -0.3 is 20.6 Å². The fourth-order valence-electron chi connectivity index (χ4n) is 3.90. The van der Waals surface area contributed by atoms with E-state index in [1.807, 2.05) is 33.9 Å². The Balaban J connectivity index is 2.11. The van der Waals surface area contributed by atoms with E-state index in [1.165, 1.54) is 18.2 Å². The van der Waals surface area contributed by atoms with Crippen LogP contribution in [0.5, 0.6) is 0 Å². The van der Waals surface area contributed by atoms with Crippen molar-refractivity contribution in [1.82, 2.24) is 14.8 Å². The summed E-state index contributed by atoms with van der Waals surface area (Å²) < 4.78 is 15.4. The van der Waals surface area contributed by atoms with Gasteiger partial charge in [0.1, 0.15) is 17.5 Å². The number of hydrogen-bond donors (Lipinski definition) is 4. The summed E-state index contributed by atoms with van der Waals surface area (Å²) in [6.07, 6.45) is 2.15. The molecule has 2 heterocycles. The average molecular weight is 483 g/mol. The lowest BCUT2D eigenvalue weighted by molar-refractivity contribution is -0.139. The first-order chi connectivity index (χ1) is 16.6. The van der Waals surface area contributed by atoms with Gasteiger partial charge in [0.2, 0.25) is 0 Å². The standard InChI is InChI=1S/C26H31FN4O4/c1-15(2)25-21(10-9-19(32)13-20(33)14-23(34)35)24(17-5-7-18(27)8-6-17)16(3)26(30-25)29-22-11-12-28-31(22)4/h5-12,15,19-20,32-33H,13-14H2,1-4H3,(H,29,30)(H,34,35)/b10-9+/t19-,20-/m1/s1. The highest BCUT2D eigenvalue weighted by molar-refractivity contribution is 5.83. The van der Waals surface area contributed by atoms with Crippen LogP contribution in [0.4, 0.5) is 16.0 Å². The van der Waals surface area contributed by atoms with Crippen molar-refractivity contribution >= 4 is 23.7 Å². The fourth-order valence-corrected chi connectivity index (χ4v) is 3.90. The SMILES string of the molecule is Cc1c(Nc2ccnn2C)nc(C(C)C)c(/C=C/[C@@H](O)C[C@@H](O)CC(=O)O)c1-c1ccc(F)cc1. The molecular weight excluding hydrogens is 451 g/mol. The van der Waals surface area contributed by atoms with Crippen LogP contribution in [0, 0.1) is 12.7 Å². The second-order valence-electron chi connectivity index (χ2n) is 8.80. The minimum absolute atomic E-state index is 0.0104. The molecule has 1 aromatic carbocycles. The molecule has 0 saturated heterocycles. The lowest BCUT2D eigenvalue weighted by Gasteiger charge is -2.21. The van der Waals surface area contributed by atoms with E-state index in [1.54, 1.807) is 29.1 Å². The van der Waals surface area contributed by atoms with Gasteiger partial charge in [-0.1, -0.05) is 38.1 Å². The van der Waals surface area contributed by atoms with Crippen molar-refractivity contribution in [2.24, 2.45) is 7.05 Å². The van der Waals surface area contributed by atoms with Crippen molar-refractivity contribution in [3.63, 3.8) is 0 Å². The number of hydrogen-bond acceptors (Lipinski definition) is 6. The summed E-state index contributed by atoms with van der Waals surface area (Å²) in [6, 6.07) is 8.01. The molecule has 2 atom stereocenters. The van der Waals surface area contributed by atoms with Gasteiger partial charge in [-0.2, -0.15) is 5.10 Å². The molecular formula is C26H31FN4O4. The maximum Gasteiger partial charge on any atom is 0.305 e. The van der Waals surface area contributed by atoms with Crippen molar-refractivity contribution in [2.45, 2.75) is 51.7 Å². The first-order valence-electron chi connectivity index (χ1n) is 11.4. The number of aliphatic hydroxyl groups excluding tert-OH is 2. The van der Waals surface area contributed by atoms with Gasteiger partial charge in [-0.3, -0.25) is 9.48 Å². The first-order valence-corrected chi connectivity index (χ1v) is 11.4. The van der Waals surface area contributed by atoms with Crippen LogP contribution in [0.1, 0.15) is 49.4 Å². The Hall–Kier alpha value is -3.56. The number of aryl methyl sites for hydroxylation is 1. The number of carbonyl (C=O) groups is 1. The number of halogens is 1. The second kappa shape index (κ2) is 11.2. The molecule has 0 radical (unpaired) electrons. The Morgan fingerprint density at radius 2 is 1.89 bits per heavy atom. The predicted molar refractivity (Wildman–Crippen MR) is 133 cm³/mol. The van der Waals surface area contributed by atoms with E-state index in [0.717, 1.165) is 33.8 Å². The first kappa shape index (κ1) is 26.1. The van der Waals surface area contributed by atoms with E-state index < -0.39 is 24.6 Å². The van der Waals surface area contributed by atoms with Crippen LogP contribution in [0.25, 0.3) is 17.2 Å². The van der Waals surface area contributed by atoms with Crippen LogP contribution in [-0.4, -0.2) is 48.3 Å². The Morgan fingerprint density at radius 3 is 2.46 bits per heavy atom. The molecule has 0 aliphatic carbocycles. The second-order valence-corrected chi connectivity index (χ2v) is 8.80. The van der Waals surface area contributed by atoms with Crippen molar-refractivity contribution in [3.05, 3.63) is 65.2 Å². The molecule has 0 fully saturated rings. The maximum absolute atomic E-state index is 13.7. The molecule has 3 aromatic rings. The summed E-state index contributed by atoms with van der Waals surface area (Å²) in [6.45, 7) is 5.92. The van der Waals surface area contributed by atoms with Crippen molar-refractivity contribution in [1.29, 1.82) is 0 Å². The molecule has 186 valence electrons. The Labute approximate surface area is 203 Å². The van der Waals surface area contributed by atoms with Crippen LogP contribution in [0.3, 0.4) is 0 Å². The number of nitrogens with one attached hydrogen (secondary N) is 1. The molecule has 0 unspecified atom stereocenters. The van der Waals surface area contributed by atoms with Gasteiger partial charge in [-0.15, -0.1) is 0 Å². The number of aromatic nitrogens is 3. The zero-order valence-electron chi connectivity index (χ0n) is 20.2. The zero-order chi connectivity index (χ0) is 25.7. The lowest BCUT2D eigenvalue weighted by atomic mass is 9.90. The van der Waals surface area contributed by atoms with Gasteiger partial charge in [0.05, 0.1) is 30.5 Å². The molecule has 4 N–H and O–H groups in total. The number of benzene rings is 1. The monoisotopic (exact) mass is 482 g/mol. The largest absolute Gasteiger partial charge is 0.481 e. The van der Waals surface area contributed by atoms with Crippen LogP contribution < -0.4 is 5.32 Å². The number of carboxylic acids is 1. The van der Waals surface area contributed by atoms with Crippen LogP contribution in [-0.2, 0) is 11.8 Å². The van der Waals surface area contributed by atoms with Gasteiger partial charge in [0.25, 0.3) is 0 Å². The minimum Gasteiger partial charge on any atom is -0.481 e. The zero-order valence-corrected chi connectivity index (χ0v) is 20.2. The van der Waals surface area contributed by atoms with E-state index >= 15 is 0 Å². The number of nitrogens with zero attached hydrogens (tertiary/aromatic N) is 3. The smallest absolute Gasteiger partial charge is 0.305 e. The Morgan fingerprint density at radius 1 is 1.20 bits per heavy atom. The molecule has 8 nitrogen and oxygen atoms in total. The van der Waals surface area contributed by atoms with Crippen molar-refractivity contribution in [2.75, 3.05) is 5.32 Å². The van der Waals surface area contributed by atoms with Crippen LogP contribution in [0.2, 0.25) is 0 Å². The molecule has 0 bridgehead atoms. The van der Waals surface area contributed by atoms with E-state index in [0.29, 0.717) is 5.82 Å². The van der Waals surface area contributed by atoms with E-state index in [2.05, 4.69) is 10.4 Å². The highest BCUT2D eigenvalue weighted by Crippen LogP contribution is 2.37. The van der Waals surface area contributed by atoms with Crippen LogP contribution >= 0.6 is 0 Å². The molecule has 35 heavy (non-hydrogen) atoms. The number of pyridine rings is 1. The minimum atomic E-state index is -1.17. The number of aliphatic carboxylic acids is 1. The van der Waals surface area contributed by atoms with Crippen molar-refractivity contribution in [3.8, 4) is 11.1 Å². The van der Waals surface area contributed by atoms with E-state index in [-0.39, 0.29) is 18.2 Å². The molecule has 0 amide bonds. The van der Waals surface area contributed by atoms with Gasteiger partial charge in [-0.05, 0) is 36.1 Å². The summed E-state index contributed by atoms with van der Waals surface area (Å²) in [5, 5.41) is 36.6. The number of carboxylic acid groups (broad SMARTS) is 1. The molecule has 2 aromatic heterocycles. The van der Waals surface area contributed by atoms with E-state index in [9.17, 15) is 19.4 Å². The molecule has 0 spiro atoms. The number of anilines is 2. The highest BCUT2D eigenvalue weighted by Gasteiger charge is 2.21. The summed E-state index contributed by atoms with van der Waals surface area (Å²) in [5.41, 5.74) is 3.94. The average Bonchev–Trinajstić information content (AvgIpc) is 3.18. The molecule has 0 aliphatic heterocycles. The number of aliphatic hydroxyl groups is 2. The third-order valence-electron chi connectivity index (χ3n) is 5.66. The third-order valence-corrected chi connectivity index (χ3v) is 5.66. The molecule has 0 saturated carbocycles. The summed E-state index contributed by atoms with van der Waals surface area (Å²) >= 11 is 0. The summed E-state index contributed by atoms with van der Waals surface area (Å²) in [4.78, 5) is 15.7. The van der Waals surface area contributed by atoms with Gasteiger partial charge >= 0.3 is 5.97 Å². The highest BCUT2D eigenvalue weighted by atomic mass is 19.1. The topological polar surface area (TPSA) is 121 Å². The van der Waals surface area contributed by atoms with Crippen molar-refractivity contribution < 1.29 is 24.5 Å².